The lowest BCUT2D eigenvalue weighted by atomic mass is 9.99. The molecule has 0 fully saturated rings. The fourth-order valence-electron chi connectivity index (χ4n) is 1.72. The Balaban J connectivity index is 3.15. The van der Waals surface area contributed by atoms with Crippen LogP contribution < -0.4 is 0 Å². The summed E-state index contributed by atoms with van der Waals surface area (Å²) in [6.45, 7) is 12.0. The van der Waals surface area contributed by atoms with Crippen LogP contribution in [0.1, 0.15) is 37.8 Å². The molecule has 0 aliphatic rings. The molecule has 0 unspecified atom stereocenters. The lowest BCUT2D eigenvalue weighted by Gasteiger charge is -2.09. The van der Waals surface area contributed by atoms with E-state index in [0.717, 1.165) is 30.7 Å². The summed E-state index contributed by atoms with van der Waals surface area (Å²) in [6.07, 6.45) is 4.89. The van der Waals surface area contributed by atoms with Gasteiger partial charge in [0.05, 0.1) is 5.71 Å². The molecule has 0 bridgehead atoms. The van der Waals surface area contributed by atoms with Crippen LogP contribution in [-0.4, -0.2) is 5.71 Å². The summed E-state index contributed by atoms with van der Waals surface area (Å²) in [5.41, 5.74) is 4.34. The number of hydrogen-bond acceptors (Lipinski definition) is 1. The zero-order valence-corrected chi connectivity index (χ0v) is 10.9. The number of nitrogens with zero attached hydrogens (tertiary/aromatic N) is 1. The highest BCUT2D eigenvalue weighted by atomic mass is 14.7. The first-order valence-corrected chi connectivity index (χ1v) is 6.20. The van der Waals surface area contributed by atoms with E-state index in [-0.39, 0.29) is 0 Å². The van der Waals surface area contributed by atoms with E-state index in [1.165, 1.54) is 11.1 Å². The molecule has 0 atom stereocenters. The van der Waals surface area contributed by atoms with Crippen LogP contribution in [-0.2, 0) is 6.42 Å². The van der Waals surface area contributed by atoms with Crippen molar-refractivity contribution in [2.75, 3.05) is 0 Å². The fraction of sp³-hybridized carbons (Fsp3) is 0.312. The van der Waals surface area contributed by atoms with Crippen LogP contribution in [0.15, 0.2) is 54.2 Å². The first-order chi connectivity index (χ1) is 8.22. The Morgan fingerprint density at radius 1 is 1.29 bits per heavy atom. The Kier molecular flexibility index (Phi) is 5.41. The van der Waals surface area contributed by atoms with Crippen molar-refractivity contribution in [2.45, 2.75) is 33.1 Å². The summed E-state index contributed by atoms with van der Waals surface area (Å²) in [5, 5.41) is 0. The lowest BCUT2D eigenvalue weighted by Crippen LogP contribution is -2.02. The maximum atomic E-state index is 4.53. The molecule has 0 aromatic heterocycles. The minimum atomic E-state index is 0.868. The van der Waals surface area contributed by atoms with Crippen LogP contribution in [0.25, 0.3) is 0 Å². The third-order valence-corrected chi connectivity index (χ3v) is 2.69. The molecule has 1 rings (SSSR count). The van der Waals surface area contributed by atoms with E-state index in [4.69, 9.17) is 0 Å². The Bertz CT molecular complexity index is 427. The summed E-state index contributed by atoms with van der Waals surface area (Å²) in [4.78, 5) is 4.53. The lowest BCUT2D eigenvalue weighted by molar-refractivity contribution is 0.919. The van der Waals surface area contributed by atoms with E-state index in [2.05, 4.69) is 50.2 Å². The predicted octanol–water partition coefficient (Wildman–Crippen LogP) is 4.54. The van der Waals surface area contributed by atoms with Crippen molar-refractivity contribution >= 4 is 5.71 Å². The van der Waals surface area contributed by atoms with Crippen molar-refractivity contribution in [1.29, 1.82) is 0 Å². The van der Waals surface area contributed by atoms with Crippen LogP contribution in [0.4, 0.5) is 0 Å². The molecule has 17 heavy (non-hydrogen) atoms. The molecule has 1 heteroatoms. The second-order valence-corrected chi connectivity index (χ2v) is 4.03. The van der Waals surface area contributed by atoms with Crippen LogP contribution in [0.5, 0.6) is 0 Å². The molecule has 0 saturated carbocycles. The zero-order valence-electron chi connectivity index (χ0n) is 10.9. The highest BCUT2D eigenvalue weighted by Gasteiger charge is 2.05. The SMILES string of the molecule is C=CC(=NC(=C)CC)c1ccccc1CCC. The van der Waals surface area contributed by atoms with Gasteiger partial charge in [0.2, 0.25) is 0 Å². The van der Waals surface area contributed by atoms with E-state index >= 15 is 0 Å². The van der Waals surface area contributed by atoms with Gasteiger partial charge in [-0.05, 0) is 24.5 Å². The van der Waals surface area contributed by atoms with Gasteiger partial charge in [-0.25, -0.2) is 0 Å². The zero-order chi connectivity index (χ0) is 12.7. The third kappa shape index (κ3) is 3.70. The van der Waals surface area contributed by atoms with Gasteiger partial charge in [0.1, 0.15) is 0 Å². The Morgan fingerprint density at radius 2 is 2.00 bits per heavy atom. The molecule has 0 amide bonds. The van der Waals surface area contributed by atoms with Crippen LogP contribution in [0, 0.1) is 0 Å². The Morgan fingerprint density at radius 3 is 2.59 bits per heavy atom. The molecule has 0 saturated heterocycles. The highest BCUT2D eigenvalue weighted by molar-refractivity contribution is 6.09. The highest BCUT2D eigenvalue weighted by Crippen LogP contribution is 2.14. The standard InChI is InChI=1S/C16H21N/c1-5-10-14-11-8-9-12-15(14)16(7-3)17-13(4)6-2/h7-9,11-12H,3-6,10H2,1-2H3. The van der Waals surface area contributed by atoms with Crippen molar-refractivity contribution in [3.8, 4) is 0 Å². The molecular weight excluding hydrogens is 206 g/mol. The topological polar surface area (TPSA) is 12.4 Å². The van der Waals surface area contributed by atoms with E-state index in [0.29, 0.717) is 0 Å². The first kappa shape index (κ1) is 13.4. The van der Waals surface area contributed by atoms with Crippen molar-refractivity contribution in [2.24, 2.45) is 4.99 Å². The van der Waals surface area contributed by atoms with Gasteiger partial charge in [-0.3, -0.25) is 4.99 Å². The van der Waals surface area contributed by atoms with Crippen molar-refractivity contribution in [1.82, 2.24) is 0 Å². The maximum absolute atomic E-state index is 4.53. The van der Waals surface area contributed by atoms with Gasteiger partial charge in [-0.15, -0.1) is 0 Å². The van der Waals surface area contributed by atoms with Crippen LogP contribution in [0.3, 0.4) is 0 Å². The molecule has 90 valence electrons. The van der Waals surface area contributed by atoms with E-state index in [1.807, 2.05) is 12.1 Å². The summed E-state index contributed by atoms with van der Waals surface area (Å²) >= 11 is 0. The van der Waals surface area contributed by atoms with Crippen molar-refractivity contribution in [3.05, 3.63) is 60.3 Å². The number of rotatable bonds is 6. The molecule has 0 heterocycles. The largest absolute Gasteiger partial charge is 0.253 e. The quantitative estimate of drug-likeness (QED) is 0.633. The number of allylic oxidation sites excluding steroid dienone is 2. The normalized spacial score (nSPS) is 11.3. The van der Waals surface area contributed by atoms with Gasteiger partial charge in [-0.1, -0.05) is 57.7 Å². The minimum absolute atomic E-state index is 0.868. The number of aryl methyl sites for hydroxylation is 1. The van der Waals surface area contributed by atoms with E-state index in [9.17, 15) is 0 Å². The summed E-state index contributed by atoms with van der Waals surface area (Å²) in [6, 6.07) is 8.38. The summed E-state index contributed by atoms with van der Waals surface area (Å²) in [7, 11) is 0. The Hall–Kier alpha value is -1.63. The molecule has 0 N–H and O–H groups in total. The average Bonchev–Trinajstić information content (AvgIpc) is 2.37. The van der Waals surface area contributed by atoms with Gasteiger partial charge >= 0.3 is 0 Å². The van der Waals surface area contributed by atoms with Gasteiger partial charge in [-0.2, -0.15) is 0 Å². The minimum Gasteiger partial charge on any atom is -0.253 e. The van der Waals surface area contributed by atoms with Gasteiger partial charge in [0.15, 0.2) is 0 Å². The fourth-order valence-corrected chi connectivity index (χ4v) is 1.72. The summed E-state index contributed by atoms with van der Waals surface area (Å²) in [5.74, 6) is 0. The molecule has 0 aliphatic carbocycles. The first-order valence-electron chi connectivity index (χ1n) is 6.20. The molecule has 1 aromatic carbocycles. The van der Waals surface area contributed by atoms with E-state index < -0.39 is 0 Å². The number of aliphatic imine (C=N–C) groups is 1. The second-order valence-electron chi connectivity index (χ2n) is 4.03. The average molecular weight is 227 g/mol. The molecule has 1 nitrogen and oxygen atoms in total. The van der Waals surface area contributed by atoms with Gasteiger partial charge in [0, 0.05) is 11.3 Å². The van der Waals surface area contributed by atoms with Crippen molar-refractivity contribution < 1.29 is 0 Å². The van der Waals surface area contributed by atoms with Gasteiger partial charge in [0.25, 0.3) is 0 Å². The predicted molar refractivity (Wildman–Crippen MR) is 76.6 cm³/mol. The molecule has 0 spiro atoms. The van der Waals surface area contributed by atoms with Gasteiger partial charge < -0.3 is 0 Å². The Labute approximate surface area is 105 Å². The van der Waals surface area contributed by atoms with Crippen LogP contribution >= 0.6 is 0 Å². The number of hydrogen-bond donors (Lipinski definition) is 0. The monoisotopic (exact) mass is 227 g/mol. The van der Waals surface area contributed by atoms with Crippen molar-refractivity contribution in [3.63, 3.8) is 0 Å². The van der Waals surface area contributed by atoms with E-state index in [1.54, 1.807) is 0 Å². The number of benzene rings is 1. The second kappa shape index (κ2) is 6.85. The van der Waals surface area contributed by atoms with Crippen LogP contribution in [0.2, 0.25) is 0 Å². The summed E-state index contributed by atoms with van der Waals surface area (Å²) < 4.78 is 0. The molecule has 0 aliphatic heterocycles. The third-order valence-electron chi connectivity index (χ3n) is 2.69. The molecule has 0 radical (unpaired) electrons. The molecule has 1 aromatic rings. The smallest absolute Gasteiger partial charge is 0.0701 e. The molecular formula is C16H21N. The maximum Gasteiger partial charge on any atom is 0.0701 e.